The number of nitrogens with zero attached hydrogens (tertiary/aromatic N) is 3. The lowest BCUT2D eigenvalue weighted by atomic mass is 9.80. The van der Waals surface area contributed by atoms with E-state index in [2.05, 4.69) is 31.7 Å². The Kier molecular flexibility index (Phi) is 6.94. The average molecular weight is 479 g/mol. The first-order valence-corrected chi connectivity index (χ1v) is 12.8. The Balaban J connectivity index is 1.14. The number of pyridine rings is 1. The molecule has 1 aliphatic heterocycles. The predicted octanol–water partition coefficient (Wildman–Crippen LogP) is 3.30. The molecule has 34 heavy (non-hydrogen) atoms. The standard InChI is InChI=1S/C25H30N6O2S/c1-33-23-13-28-20-4-2-3-16(24(20)31-23)11-19(26)15-5-7-17(8-6-15)27-12-18-9-10-21-25(29-18)30-22(32)14-34-21/h2-4,9-10,13,15,17,19,27H,5-8,11-12,14,26H2,1H3,(H,29,30,32)/t15?,17?,19-/m0/s1. The molecule has 0 spiro atoms. The van der Waals surface area contributed by atoms with Gasteiger partial charge in [-0.1, -0.05) is 12.1 Å². The molecule has 3 heterocycles. The maximum Gasteiger partial charge on any atom is 0.235 e. The Hall–Kier alpha value is -2.75. The van der Waals surface area contributed by atoms with Gasteiger partial charge < -0.3 is 21.1 Å². The molecule has 4 N–H and O–H groups in total. The van der Waals surface area contributed by atoms with Crippen molar-refractivity contribution < 1.29 is 9.53 Å². The van der Waals surface area contributed by atoms with Gasteiger partial charge in [0, 0.05) is 18.6 Å². The molecule has 1 aliphatic carbocycles. The Morgan fingerprint density at radius 1 is 1.21 bits per heavy atom. The van der Waals surface area contributed by atoms with E-state index in [1.807, 2.05) is 24.3 Å². The van der Waals surface area contributed by atoms with Crippen molar-refractivity contribution in [2.45, 2.75) is 55.6 Å². The lowest BCUT2D eigenvalue weighted by Crippen LogP contribution is -2.39. The van der Waals surface area contributed by atoms with Gasteiger partial charge in [-0.25, -0.2) is 15.0 Å². The predicted molar refractivity (Wildman–Crippen MR) is 134 cm³/mol. The number of hydrogen-bond donors (Lipinski definition) is 3. The number of hydrogen-bond acceptors (Lipinski definition) is 8. The van der Waals surface area contributed by atoms with Gasteiger partial charge >= 0.3 is 0 Å². The van der Waals surface area contributed by atoms with E-state index in [4.69, 9.17) is 10.5 Å². The van der Waals surface area contributed by atoms with Crippen LogP contribution in [-0.2, 0) is 17.8 Å². The van der Waals surface area contributed by atoms with Crippen molar-refractivity contribution in [1.29, 1.82) is 0 Å². The number of rotatable bonds is 7. The summed E-state index contributed by atoms with van der Waals surface area (Å²) in [4.78, 5) is 26.3. The van der Waals surface area contributed by atoms with E-state index in [1.165, 1.54) is 11.8 Å². The zero-order valence-corrected chi connectivity index (χ0v) is 20.1. The second kappa shape index (κ2) is 10.2. The number of carbonyl (C=O) groups is 1. The van der Waals surface area contributed by atoms with E-state index in [0.29, 0.717) is 36.0 Å². The lowest BCUT2D eigenvalue weighted by Gasteiger charge is -2.33. The molecule has 1 saturated carbocycles. The summed E-state index contributed by atoms with van der Waals surface area (Å²) < 4.78 is 5.26. The van der Waals surface area contributed by atoms with Crippen molar-refractivity contribution in [3.63, 3.8) is 0 Å². The third-order valence-corrected chi connectivity index (χ3v) is 7.83. The molecule has 0 radical (unpaired) electrons. The summed E-state index contributed by atoms with van der Waals surface area (Å²) in [6.07, 6.45) is 6.82. The van der Waals surface area contributed by atoms with E-state index in [9.17, 15) is 4.79 Å². The molecule has 0 unspecified atom stereocenters. The summed E-state index contributed by atoms with van der Waals surface area (Å²) in [5.41, 5.74) is 10.5. The molecule has 8 nitrogen and oxygen atoms in total. The van der Waals surface area contributed by atoms with Crippen LogP contribution in [0.25, 0.3) is 11.0 Å². The lowest BCUT2D eigenvalue weighted by molar-refractivity contribution is -0.113. The van der Waals surface area contributed by atoms with Gasteiger partial charge in [-0.3, -0.25) is 4.79 Å². The van der Waals surface area contributed by atoms with Crippen molar-refractivity contribution in [2.24, 2.45) is 11.7 Å². The van der Waals surface area contributed by atoms with Gasteiger partial charge in [0.15, 0.2) is 0 Å². The molecule has 1 amide bonds. The van der Waals surface area contributed by atoms with Crippen molar-refractivity contribution in [3.05, 3.63) is 47.8 Å². The highest BCUT2D eigenvalue weighted by Gasteiger charge is 2.26. The van der Waals surface area contributed by atoms with E-state index < -0.39 is 0 Å². The Morgan fingerprint density at radius 2 is 2.06 bits per heavy atom. The number of nitrogens with two attached hydrogens (primary N) is 1. The molecule has 1 atom stereocenters. The molecule has 2 aromatic heterocycles. The highest BCUT2D eigenvalue weighted by Crippen LogP contribution is 2.31. The fourth-order valence-electron chi connectivity index (χ4n) is 4.86. The number of carbonyl (C=O) groups excluding carboxylic acids is 1. The van der Waals surface area contributed by atoms with Crippen LogP contribution in [0.1, 0.15) is 36.9 Å². The van der Waals surface area contributed by atoms with Crippen LogP contribution in [-0.4, -0.2) is 45.8 Å². The number of methoxy groups -OCH3 is 1. The van der Waals surface area contributed by atoms with Gasteiger partial charge in [0.05, 0.1) is 40.7 Å². The third-order valence-electron chi connectivity index (χ3n) is 6.78. The number of benzene rings is 1. The summed E-state index contributed by atoms with van der Waals surface area (Å²) in [7, 11) is 1.61. The summed E-state index contributed by atoms with van der Waals surface area (Å²) in [5, 5.41) is 6.51. The molecule has 1 aromatic carbocycles. The molecular formula is C25H30N6O2S. The maximum atomic E-state index is 11.6. The van der Waals surface area contributed by atoms with E-state index in [0.717, 1.165) is 59.3 Å². The van der Waals surface area contributed by atoms with Crippen LogP contribution < -0.4 is 21.1 Å². The molecule has 9 heteroatoms. The van der Waals surface area contributed by atoms with Gasteiger partial charge in [-0.15, -0.1) is 11.8 Å². The minimum absolute atomic E-state index is 0.0134. The molecule has 1 fully saturated rings. The SMILES string of the molecule is COc1cnc2cccc(C[C@H](N)C3CCC(NCc4ccc5c(n4)NC(=O)CS5)CC3)c2n1. The number of para-hydroxylation sites is 1. The summed E-state index contributed by atoms with van der Waals surface area (Å²) in [5.74, 6) is 2.17. The average Bonchev–Trinajstić information content (AvgIpc) is 2.87. The second-order valence-electron chi connectivity index (χ2n) is 9.04. The number of thioether (sulfide) groups is 1. The number of aromatic nitrogens is 3. The highest BCUT2D eigenvalue weighted by molar-refractivity contribution is 8.00. The monoisotopic (exact) mass is 478 g/mol. The summed E-state index contributed by atoms with van der Waals surface area (Å²) >= 11 is 1.54. The Morgan fingerprint density at radius 3 is 2.88 bits per heavy atom. The zero-order chi connectivity index (χ0) is 23.5. The fourth-order valence-corrected chi connectivity index (χ4v) is 5.62. The topological polar surface area (TPSA) is 115 Å². The molecular weight excluding hydrogens is 448 g/mol. The maximum absolute atomic E-state index is 11.6. The van der Waals surface area contributed by atoms with Crippen molar-refractivity contribution in [2.75, 3.05) is 18.2 Å². The van der Waals surface area contributed by atoms with Crippen LogP contribution in [0, 0.1) is 5.92 Å². The number of amides is 1. The summed E-state index contributed by atoms with van der Waals surface area (Å²) in [6, 6.07) is 10.7. The zero-order valence-electron chi connectivity index (χ0n) is 19.3. The van der Waals surface area contributed by atoms with Crippen LogP contribution in [0.15, 0.2) is 41.4 Å². The Labute approximate surface area is 203 Å². The second-order valence-corrected chi connectivity index (χ2v) is 10.1. The first-order valence-electron chi connectivity index (χ1n) is 11.8. The molecule has 0 saturated heterocycles. The van der Waals surface area contributed by atoms with E-state index >= 15 is 0 Å². The van der Waals surface area contributed by atoms with Crippen LogP contribution in [0.5, 0.6) is 5.88 Å². The highest BCUT2D eigenvalue weighted by atomic mass is 32.2. The minimum atomic E-state index is 0.0134. The van der Waals surface area contributed by atoms with E-state index in [1.54, 1.807) is 13.3 Å². The summed E-state index contributed by atoms with van der Waals surface area (Å²) in [6.45, 7) is 0.700. The number of nitrogens with one attached hydrogen (secondary N) is 2. The number of fused-ring (bicyclic) bond motifs is 2. The van der Waals surface area contributed by atoms with Gasteiger partial charge in [0.1, 0.15) is 5.82 Å². The van der Waals surface area contributed by atoms with Crippen molar-refractivity contribution >= 4 is 34.5 Å². The first-order chi connectivity index (χ1) is 16.6. The first kappa shape index (κ1) is 23.0. The van der Waals surface area contributed by atoms with Gasteiger partial charge in [0.2, 0.25) is 11.8 Å². The molecule has 178 valence electrons. The number of ether oxygens (including phenoxy) is 1. The van der Waals surface area contributed by atoms with Crippen LogP contribution >= 0.6 is 11.8 Å². The fraction of sp³-hybridized carbons (Fsp3) is 0.440. The number of anilines is 1. The smallest absolute Gasteiger partial charge is 0.235 e. The largest absolute Gasteiger partial charge is 0.480 e. The van der Waals surface area contributed by atoms with Crippen LogP contribution in [0.2, 0.25) is 0 Å². The van der Waals surface area contributed by atoms with Crippen molar-refractivity contribution in [3.8, 4) is 5.88 Å². The third kappa shape index (κ3) is 5.16. The molecule has 2 aliphatic rings. The molecule has 0 bridgehead atoms. The van der Waals surface area contributed by atoms with Gasteiger partial charge in [0.25, 0.3) is 0 Å². The van der Waals surface area contributed by atoms with Crippen LogP contribution in [0.4, 0.5) is 5.82 Å². The Bertz CT molecular complexity index is 1180. The van der Waals surface area contributed by atoms with Gasteiger partial charge in [-0.05, 0) is 61.8 Å². The molecule has 3 aromatic rings. The quantitative estimate of drug-likeness (QED) is 0.474. The van der Waals surface area contributed by atoms with Crippen LogP contribution in [0.3, 0.4) is 0 Å². The normalized spacial score (nSPS) is 21.1. The molecule has 5 rings (SSSR count). The van der Waals surface area contributed by atoms with E-state index in [-0.39, 0.29) is 11.9 Å². The minimum Gasteiger partial charge on any atom is -0.480 e. The van der Waals surface area contributed by atoms with Gasteiger partial charge in [-0.2, -0.15) is 0 Å². The van der Waals surface area contributed by atoms with Crippen molar-refractivity contribution in [1.82, 2.24) is 20.3 Å².